The van der Waals surface area contributed by atoms with Gasteiger partial charge >= 0.3 is 0 Å². The van der Waals surface area contributed by atoms with Gasteiger partial charge in [0.2, 0.25) is 0 Å². The third kappa shape index (κ3) is 3.95. The Labute approximate surface area is 191 Å². The summed E-state index contributed by atoms with van der Waals surface area (Å²) in [5.41, 5.74) is 9.74. The SMILES string of the molecule is CN1CCCC(C#N)(c2cc(-c3cnc(N)c(-c4cc(-c5ccccc5)no4)n3)ccn2)C1. The van der Waals surface area contributed by atoms with Crippen molar-refractivity contribution in [2.24, 2.45) is 0 Å². The van der Waals surface area contributed by atoms with Crippen molar-refractivity contribution in [3.63, 3.8) is 0 Å². The zero-order chi connectivity index (χ0) is 22.8. The fourth-order valence-electron chi connectivity index (χ4n) is 4.33. The fourth-order valence-corrected chi connectivity index (χ4v) is 4.33. The minimum absolute atomic E-state index is 0.256. The molecule has 164 valence electrons. The maximum Gasteiger partial charge on any atom is 0.189 e. The second kappa shape index (κ2) is 8.45. The van der Waals surface area contributed by atoms with Crippen molar-refractivity contribution in [3.8, 4) is 40.0 Å². The molecule has 1 aliphatic rings. The Kier molecular flexibility index (Phi) is 5.32. The number of anilines is 1. The average Bonchev–Trinajstić information content (AvgIpc) is 3.35. The second-order valence-electron chi connectivity index (χ2n) is 8.40. The summed E-state index contributed by atoms with van der Waals surface area (Å²) in [7, 11) is 2.04. The number of rotatable bonds is 4. The van der Waals surface area contributed by atoms with Gasteiger partial charge < -0.3 is 15.2 Å². The number of nitriles is 1. The van der Waals surface area contributed by atoms with Crippen LogP contribution in [0.5, 0.6) is 0 Å². The van der Waals surface area contributed by atoms with E-state index in [2.05, 4.69) is 26.1 Å². The molecule has 33 heavy (non-hydrogen) atoms. The van der Waals surface area contributed by atoms with Gasteiger partial charge in [0.25, 0.3) is 0 Å². The summed E-state index contributed by atoms with van der Waals surface area (Å²) in [6, 6.07) is 17.9. The molecule has 1 atom stereocenters. The van der Waals surface area contributed by atoms with Gasteiger partial charge in [-0.25, -0.2) is 9.97 Å². The highest BCUT2D eigenvalue weighted by Gasteiger charge is 2.37. The van der Waals surface area contributed by atoms with Crippen molar-refractivity contribution in [2.75, 3.05) is 25.9 Å². The van der Waals surface area contributed by atoms with Crippen LogP contribution in [0.3, 0.4) is 0 Å². The Morgan fingerprint density at radius 3 is 2.73 bits per heavy atom. The van der Waals surface area contributed by atoms with Crippen molar-refractivity contribution in [2.45, 2.75) is 18.3 Å². The summed E-state index contributed by atoms with van der Waals surface area (Å²) in [6.07, 6.45) is 5.08. The zero-order valence-electron chi connectivity index (χ0n) is 18.3. The molecule has 1 aliphatic heterocycles. The van der Waals surface area contributed by atoms with E-state index in [4.69, 9.17) is 15.2 Å². The van der Waals surface area contributed by atoms with Crippen molar-refractivity contribution < 1.29 is 4.52 Å². The highest BCUT2D eigenvalue weighted by atomic mass is 16.5. The standard InChI is InChI=1S/C25H23N7O/c1-32-11-5-9-25(15-26,16-32)22-12-18(8-10-28-22)20-14-29-24(27)23(30-20)21-13-19(31-33-21)17-6-3-2-4-7-17/h2-4,6-8,10,12-14H,5,9,11,16H2,1H3,(H2,27,29). The first-order chi connectivity index (χ1) is 16.1. The summed E-state index contributed by atoms with van der Waals surface area (Å²) in [5, 5.41) is 14.2. The molecular weight excluding hydrogens is 414 g/mol. The molecule has 0 spiro atoms. The monoisotopic (exact) mass is 437 g/mol. The number of benzene rings is 1. The van der Waals surface area contributed by atoms with Gasteiger partial charge in [0.05, 0.1) is 23.7 Å². The third-order valence-corrected chi connectivity index (χ3v) is 6.06. The van der Waals surface area contributed by atoms with Gasteiger partial charge in [0.1, 0.15) is 11.1 Å². The summed E-state index contributed by atoms with van der Waals surface area (Å²) >= 11 is 0. The molecule has 3 aromatic heterocycles. The lowest BCUT2D eigenvalue weighted by Crippen LogP contribution is -2.43. The number of hydrogen-bond acceptors (Lipinski definition) is 8. The van der Waals surface area contributed by atoms with Gasteiger partial charge in [-0.3, -0.25) is 4.98 Å². The molecule has 1 saturated heterocycles. The number of nitrogens with zero attached hydrogens (tertiary/aromatic N) is 6. The molecular formula is C25H23N7O. The Hall–Kier alpha value is -4.09. The number of pyridine rings is 1. The molecule has 0 aliphatic carbocycles. The molecule has 2 N–H and O–H groups in total. The first-order valence-electron chi connectivity index (χ1n) is 10.8. The number of nitrogen functional groups attached to an aromatic ring is 1. The minimum atomic E-state index is -0.636. The maximum atomic E-state index is 10.0. The van der Waals surface area contributed by atoms with E-state index in [-0.39, 0.29) is 5.82 Å². The van der Waals surface area contributed by atoms with Gasteiger partial charge in [-0.1, -0.05) is 35.5 Å². The molecule has 5 rings (SSSR count). The van der Waals surface area contributed by atoms with Crippen LogP contribution in [0.2, 0.25) is 0 Å². The van der Waals surface area contributed by atoms with E-state index in [1.807, 2.05) is 49.5 Å². The molecule has 8 nitrogen and oxygen atoms in total. The number of likely N-dealkylation sites (tertiary alicyclic amines) is 1. The number of nitrogens with two attached hydrogens (primary N) is 1. The Balaban J connectivity index is 1.51. The van der Waals surface area contributed by atoms with Gasteiger partial charge in [-0.2, -0.15) is 5.26 Å². The van der Waals surface area contributed by atoms with E-state index in [0.717, 1.165) is 36.2 Å². The molecule has 4 aromatic rings. The smallest absolute Gasteiger partial charge is 0.189 e. The fraction of sp³-hybridized carbons (Fsp3) is 0.240. The number of aromatic nitrogens is 4. The molecule has 4 heterocycles. The van der Waals surface area contributed by atoms with E-state index < -0.39 is 5.41 Å². The molecule has 0 bridgehead atoms. The molecule has 0 saturated carbocycles. The van der Waals surface area contributed by atoms with Crippen LogP contribution < -0.4 is 5.73 Å². The summed E-state index contributed by atoms with van der Waals surface area (Å²) in [5.74, 6) is 0.698. The molecule has 0 amide bonds. The highest BCUT2D eigenvalue weighted by molar-refractivity contribution is 5.73. The Morgan fingerprint density at radius 2 is 1.94 bits per heavy atom. The normalized spacial score (nSPS) is 18.7. The lowest BCUT2D eigenvalue weighted by Gasteiger charge is -2.36. The summed E-state index contributed by atoms with van der Waals surface area (Å²) in [6.45, 7) is 1.64. The Morgan fingerprint density at radius 1 is 1.09 bits per heavy atom. The second-order valence-corrected chi connectivity index (χ2v) is 8.40. The quantitative estimate of drug-likeness (QED) is 0.510. The van der Waals surface area contributed by atoms with Crippen molar-refractivity contribution in [1.82, 2.24) is 25.0 Å². The molecule has 1 fully saturated rings. The van der Waals surface area contributed by atoms with E-state index >= 15 is 0 Å². The van der Waals surface area contributed by atoms with Crippen LogP contribution >= 0.6 is 0 Å². The van der Waals surface area contributed by atoms with Gasteiger partial charge in [0.15, 0.2) is 17.3 Å². The van der Waals surface area contributed by atoms with Gasteiger partial charge in [0, 0.05) is 29.9 Å². The van der Waals surface area contributed by atoms with E-state index in [9.17, 15) is 5.26 Å². The predicted molar refractivity (Wildman–Crippen MR) is 125 cm³/mol. The van der Waals surface area contributed by atoms with E-state index in [1.54, 1.807) is 18.5 Å². The summed E-state index contributed by atoms with van der Waals surface area (Å²) < 4.78 is 5.55. The minimum Gasteiger partial charge on any atom is -0.382 e. The highest BCUT2D eigenvalue weighted by Crippen LogP contribution is 2.34. The number of hydrogen-bond donors (Lipinski definition) is 1. The van der Waals surface area contributed by atoms with Crippen LogP contribution in [0.4, 0.5) is 5.82 Å². The van der Waals surface area contributed by atoms with Crippen LogP contribution in [0.25, 0.3) is 34.0 Å². The molecule has 0 radical (unpaired) electrons. The van der Waals surface area contributed by atoms with E-state index in [0.29, 0.717) is 29.4 Å². The van der Waals surface area contributed by atoms with Crippen LogP contribution in [0, 0.1) is 11.3 Å². The molecule has 8 heteroatoms. The first kappa shape index (κ1) is 20.8. The van der Waals surface area contributed by atoms with Crippen LogP contribution in [0.1, 0.15) is 18.5 Å². The lowest BCUT2D eigenvalue weighted by atomic mass is 9.78. The molecule has 1 aromatic carbocycles. The van der Waals surface area contributed by atoms with Crippen LogP contribution in [0.15, 0.2) is 65.4 Å². The van der Waals surface area contributed by atoms with Crippen LogP contribution in [-0.4, -0.2) is 45.1 Å². The van der Waals surface area contributed by atoms with Crippen molar-refractivity contribution in [1.29, 1.82) is 5.26 Å². The number of likely N-dealkylation sites (N-methyl/N-ethyl adjacent to an activating group) is 1. The zero-order valence-corrected chi connectivity index (χ0v) is 18.3. The van der Waals surface area contributed by atoms with Crippen molar-refractivity contribution in [3.05, 3.63) is 66.6 Å². The van der Waals surface area contributed by atoms with E-state index in [1.165, 1.54) is 0 Å². The Bertz CT molecular complexity index is 1330. The van der Waals surface area contributed by atoms with Crippen LogP contribution in [-0.2, 0) is 5.41 Å². The maximum absolute atomic E-state index is 10.0. The predicted octanol–water partition coefficient (Wildman–Crippen LogP) is 3.93. The number of piperidine rings is 1. The lowest BCUT2D eigenvalue weighted by molar-refractivity contribution is 0.209. The van der Waals surface area contributed by atoms with Gasteiger partial charge in [-0.15, -0.1) is 0 Å². The summed E-state index contributed by atoms with van der Waals surface area (Å²) in [4.78, 5) is 15.8. The average molecular weight is 438 g/mol. The first-order valence-corrected chi connectivity index (χ1v) is 10.8. The van der Waals surface area contributed by atoms with Crippen molar-refractivity contribution >= 4 is 5.82 Å². The largest absolute Gasteiger partial charge is 0.382 e. The molecule has 1 unspecified atom stereocenters. The topological polar surface area (TPSA) is 118 Å². The van der Waals surface area contributed by atoms with Gasteiger partial charge in [-0.05, 0) is 38.6 Å². The third-order valence-electron chi connectivity index (χ3n) is 6.06.